The van der Waals surface area contributed by atoms with Crippen LogP contribution in [0.25, 0.3) is 0 Å². The summed E-state index contributed by atoms with van der Waals surface area (Å²) in [5, 5.41) is 3.36. The van der Waals surface area contributed by atoms with Gasteiger partial charge in [0.2, 0.25) is 5.91 Å². The fourth-order valence-corrected chi connectivity index (χ4v) is 1.87. The Hall–Kier alpha value is -1.26. The van der Waals surface area contributed by atoms with Crippen LogP contribution in [-0.4, -0.2) is 19.6 Å². The molecular formula is C12H15ClN2O2. The second kappa shape index (κ2) is 4.55. The second-order valence-electron chi connectivity index (χ2n) is 4.29. The number of hydrogen-bond donors (Lipinski definition) is 2. The van der Waals surface area contributed by atoms with E-state index in [-0.39, 0.29) is 11.3 Å². The van der Waals surface area contributed by atoms with E-state index in [2.05, 4.69) is 5.32 Å². The molecule has 0 heterocycles. The van der Waals surface area contributed by atoms with Crippen molar-refractivity contribution in [1.29, 1.82) is 0 Å². The zero-order valence-corrected chi connectivity index (χ0v) is 10.4. The molecule has 1 fully saturated rings. The van der Waals surface area contributed by atoms with Gasteiger partial charge in [-0.1, -0.05) is 11.6 Å². The molecule has 3 N–H and O–H groups in total. The van der Waals surface area contributed by atoms with Gasteiger partial charge in [0.1, 0.15) is 5.75 Å². The highest BCUT2D eigenvalue weighted by Crippen LogP contribution is 2.45. The molecule has 0 spiro atoms. The fourth-order valence-electron chi connectivity index (χ4n) is 1.68. The second-order valence-corrected chi connectivity index (χ2v) is 4.70. The molecule has 0 unspecified atom stereocenters. The normalized spacial score (nSPS) is 16.4. The number of hydrogen-bond acceptors (Lipinski definition) is 3. The maximum absolute atomic E-state index is 11.9. The number of ether oxygens (including phenoxy) is 1. The number of nitrogens with one attached hydrogen (secondary N) is 1. The number of amides is 1. The standard InChI is InChI=1S/C12H15ClN2O2/c1-17-10-6-8(2-3-9(10)13)15-11(16)12(7-14)4-5-12/h2-3,6H,4-5,7,14H2,1H3,(H,15,16). The fraction of sp³-hybridized carbons (Fsp3) is 0.417. The van der Waals surface area contributed by atoms with Crippen molar-refractivity contribution in [2.45, 2.75) is 12.8 Å². The average molecular weight is 255 g/mol. The summed E-state index contributed by atoms with van der Waals surface area (Å²) in [5.41, 5.74) is 5.92. The molecule has 0 aliphatic heterocycles. The molecule has 0 radical (unpaired) electrons. The van der Waals surface area contributed by atoms with Gasteiger partial charge in [-0.3, -0.25) is 4.79 Å². The van der Waals surface area contributed by atoms with E-state index in [1.165, 1.54) is 7.11 Å². The highest BCUT2D eigenvalue weighted by Gasteiger charge is 2.48. The summed E-state index contributed by atoms with van der Waals surface area (Å²) in [4.78, 5) is 11.9. The predicted octanol–water partition coefficient (Wildman–Crippen LogP) is 2.03. The van der Waals surface area contributed by atoms with Gasteiger partial charge in [0.05, 0.1) is 17.5 Å². The summed E-state index contributed by atoms with van der Waals surface area (Å²) in [6.45, 7) is 0.392. The van der Waals surface area contributed by atoms with E-state index in [9.17, 15) is 4.79 Å². The Morgan fingerprint density at radius 1 is 1.59 bits per heavy atom. The van der Waals surface area contributed by atoms with Crippen LogP contribution in [0.3, 0.4) is 0 Å². The summed E-state index contributed by atoms with van der Waals surface area (Å²) in [6.07, 6.45) is 1.72. The Labute approximate surface area is 105 Å². The highest BCUT2D eigenvalue weighted by molar-refractivity contribution is 6.32. The third-order valence-electron chi connectivity index (χ3n) is 3.13. The Kier molecular flexibility index (Phi) is 3.26. The summed E-state index contributed by atoms with van der Waals surface area (Å²) in [5.74, 6) is 0.520. The largest absolute Gasteiger partial charge is 0.495 e. The molecular weight excluding hydrogens is 240 g/mol. The minimum atomic E-state index is -0.354. The molecule has 0 atom stereocenters. The quantitative estimate of drug-likeness (QED) is 0.864. The Balaban J connectivity index is 2.11. The number of halogens is 1. The van der Waals surface area contributed by atoms with Crippen LogP contribution < -0.4 is 15.8 Å². The van der Waals surface area contributed by atoms with E-state index in [4.69, 9.17) is 22.1 Å². The minimum absolute atomic E-state index is 0.0237. The molecule has 4 nitrogen and oxygen atoms in total. The molecule has 1 aliphatic carbocycles. The van der Waals surface area contributed by atoms with E-state index < -0.39 is 0 Å². The third kappa shape index (κ3) is 2.37. The minimum Gasteiger partial charge on any atom is -0.495 e. The van der Waals surface area contributed by atoms with Gasteiger partial charge in [0.15, 0.2) is 0 Å². The van der Waals surface area contributed by atoms with E-state index in [1.54, 1.807) is 18.2 Å². The van der Waals surface area contributed by atoms with Crippen LogP contribution in [-0.2, 0) is 4.79 Å². The number of carbonyl (C=O) groups excluding carboxylic acids is 1. The molecule has 0 aromatic heterocycles. The van der Waals surface area contributed by atoms with Crippen LogP contribution >= 0.6 is 11.6 Å². The van der Waals surface area contributed by atoms with Gasteiger partial charge < -0.3 is 15.8 Å². The Bertz CT molecular complexity index is 444. The van der Waals surface area contributed by atoms with Crippen LogP contribution in [0.5, 0.6) is 5.75 Å². The van der Waals surface area contributed by atoms with E-state index in [0.717, 1.165) is 12.8 Å². The number of rotatable bonds is 4. The van der Waals surface area contributed by atoms with E-state index in [1.807, 2.05) is 0 Å². The number of benzene rings is 1. The number of nitrogens with two attached hydrogens (primary N) is 1. The molecule has 17 heavy (non-hydrogen) atoms. The van der Waals surface area contributed by atoms with Gasteiger partial charge in [-0.2, -0.15) is 0 Å². The van der Waals surface area contributed by atoms with Crippen LogP contribution in [0.4, 0.5) is 5.69 Å². The first kappa shape index (κ1) is 12.2. The first-order valence-corrected chi connectivity index (χ1v) is 5.84. The van der Waals surface area contributed by atoms with Crippen molar-refractivity contribution in [3.8, 4) is 5.75 Å². The summed E-state index contributed by atoms with van der Waals surface area (Å²) in [6, 6.07) is 5.14. The Morgan fingerprint density at radius 2 is 2.29 bits per heavy atom. The molecule has 1 amide bonds. The zero-order valence-electron chi connectivity index (χ0n) is 9.63. The molecule has 1 aromatic carbocycles. The molecule has 5 heteroatoms. The van der Waals surface area contributed by atoms with Crippen molar-refractivity contribution in [2.75, 3.05) is 19.0 Å². The lowest BCUT2D eigenvalue weighted by molar-refractivity contribution is -0.120. The monoisotopic (exact) mass is 254 g/mol. The summed E-state index contributed by atoms with van der Waals surface area (Å²) >= 11 is 5.90. The van der Waals surface area contributed by atoms with Gasteiger partial charge in [-0.15, -0.1) is 0 Å². The molecule has 92 valence electrons. The van der Waals surface area contributed by atoms with Crippen molar-refractivity contribution in [2.24, 2.45) is 11.1 Å². The van der Waals surface area contributed by atoms with Crippen LogP contribution in [0, 0.1) is 5.41 Å². The lowest BCUT2D eigenvalue weighted by Crippen LogP contribution is -2.30. The highest BCUT2D eigenvalue weighted by atomic mass is 35.5. The SMILES string of the molecule is COc1cc(NC(=O)C2(CN)CC2)ccc1Cl. The van der Waals surface area contributed by atoms with Crippen LogP contribution in [0.2, 0.25) is 5.02 Å². The number of anilines is 1. The average Bonchev–Trinajstić information content (AvgIpc) is 3.12. The van der Waals surface area contributed by atoms with Gasteiger partial charge in [-0.05, 0) is 25.0 Å². The molecule has 1 saturated carbocycles. The van der Waals surface area contributed by atoms with Crippen molar-refractivity contribution in [3.63, 3.8) is 0 Å². The van der Waals surface area contributed by atoms with Gasteiger partial charge >= 0.3 is 0 Å². The lowest BCUT2D eigenvalue weighted by Gasteiger charge is -2.13. The summed E-state index contributed by atoms with van der Waals surface area (Å²) in [7, 11) is 1.54. The third-order valence-corrected chi connectivity index (χ3v) is 3.45. The molecule has 1 aromatic rings. The maximum Gasteiger partial charge on any atom is 0.231 e. The number of carbonyl (C=O) groups is 1. The Morgan fingerprint density at radius 3 is 2.82 bits per heavy atom. The van der Waals surface area contributed by atoms with Gasteiger partial charge in [0, 0.05) is 18.3 Å². The van der Waals surface area contributed by atoms with Crippen LogP contribution in [0.1, 0.15) is 12.8 Å². The van der Waals surface area contributed by atoms with Crippen molar-refractivity contribution in [1.82, 2.24) is 0 Å². The summed E-state index contributed by atoms with van der Waals surface area (Å²) < 4.78 is 5.09. The van der Waals surface area contributed by atoms with E-state index in [0.29, 0.717) is 23.0 Å². The maximum atomic E-state index is 11.9. The van der Waals surface area contributed by atoms with E-state index >= 15 is 0 Å². The predicted molar refractivity (Wildman–Crippen MR) is 67.4 cm³/mol. The van der Waals surface area contributed by atoms with Crippen molar-refractivity contribution in [3.05, 3.63) is 23.2 Å². The first-order valence-electron chi connectivity index (χ1n) is 5.46. The van der Waals surface area contributed by atoms with Crippen molar-refractivity contribution < 1.29 is 9.53 Å². The smallest absolute Gasteiger partial charge is 0.231 e. The number of methoxy groups -OCH3 is 1. The first-order chi connectivity index (χ1) is 8.11. The molecule has 1 aliphatic rings. The van der Waals surface area contributed by atoms with Crippen LogP contribution in [0.15, 0.2) is 18.2 Å². The zero-order chi connectivity index (χ0) is 12.5. The lowest BCUT2D eigenvalue weighted by atomic mass is 10.1. The molecule has 0 bridgehead atoms. The van der Waals surface area contributed by atoms with Gasteiger partial charge in [0.25, 0.3) is 0 Å². The molecule has 0 saturated heterocycles. The topological polar surface area (TPSA) is 64.3 Å². The van der Waals surface area contributed by atoms with Crippen molar-refractivity contribution >= 4 is 23.2 Å². The molecule has 2 rings (SSSR count). The van der Waals surface area contributed by atoms with Gasteiger partial charge in [-0.25, -0.2) is 0 Å².